The van der Waals surface area contributed by atoms with Gasteiger partial charge >= 0.3 is 0 Å². The molecule has 1 aliphatic rings. The van der Waals surface area contributed by atoms with Crippen LogP contribution in [0.3, 0.4) is 0 Å². The Hall–Kier alpha value is -2.47. The first-order valence-electron chi connectivity index (χ1n) is 7.38. The summed E-state index contributed by atoms with van der Waals surface area (Å²) in [5.41, 5.74) is 1.09. The smallest absolute Gasteiger partial charge is 0.218 e. The van der Waals surface area contributed by atoms with E-state index in [4.69, 9.17) is 4.42 Å². The highest BCUT2D eigenvalue weighted by Crippen LogP contribution is 2.52. The first kappa shape index (κ1) is 14.1. The van der Waals surface area contributed by atoms with Crippen molar-refractivity contribution >= 4 is 40.1 Å². The minimum absolute atomic E-state index is 0.0330. The fraction of sp³-hybridized carbons (Fsp3) is 0.235. The van der Waals surface area contributed by atoms with Gasteiger partial charge in [-0.1, -0.05) is 32.1 Å². The van der Waals surface area contributed by atoms with Crippen molar-refractivity contribution in [2.75, 3.05) is 4.90 Å². The summed E-state index contributed by atoms with van der Waals surface area (Å²) in [7, 11) is 0. The van der Waals surface area contributed by atoms with Crippen LogP contribution in [-0.2, 0) is 5.41 Å². The molecular weight excluding hydrogens is 308 g/mol. The summed E-state index contributed by atoms with van der Waals surface area (Å²) in [6.07, 6.45) is 9.28. The third-order valence-corrected chi connectivity index (χ3v) is 4.47. The number of oxazole rings is 1. The highest BCUT2D eigenvalue weighted by atomic mass is 32.1. The fourth-order valence-corrected chi connectivity index (χ4v) is 3.04. The molecule has 0 unspecified atom stereocenters. The Morgan fingerprint density at radius 1 is 1.13 bits per heavy atom. The van der Waals surface area contributed by atoms with Crippen molar-refractivity contribution in [1.29, 1.82) is 0 Å². The van der Waals surface area contributed by atoms with Crippen molar-refractivity contribution in [3.63, 3.8) is 0 Å². The second-order valence-corrected chi connectivity index (χ2v) is 7.41. The Kier molecular flexibility index (Phi) is 3.09. The number of hydrogen-bond acceptors (Lipinski definition) is 6. The molecular formula is C17H16N4OS. The molecule has 23 heavy (non-hydrogen) atoms. The number of pyridine rings is 1. The van der Waals surface area contributed by atoms with Crippen LogP contribution in [-0.4, -0.2) is 15.0 Å². The average molecular weight is 324 g/mol. The van der Waals surface area contributed by atoms with E-state index in [1.54, 1.807) is 23.7 Å². The zero-order chi connectivity index (χ0) is 16.0. The van der Waals surface area contributed by atoms with Gasteiger partial charge in [0.05, 0.1) is 11.9 Å². The molecule has 0 fully saturated rings. The Labute approximate surface area is 138 Å². The molecule has 0 spiro atoms. The van der Waals surface area contributed by atoms with Crippen LogP contribution in [0.4, 0.5) is 16.6 Å². The van der Waals surface area contributed by atoms with Crippen LogP contribution in [0, 0.1) is 0 Å². The van der Waals surface area contributed by atoms with Gasteiger partial charge in [0.25, 0.3) is 0 Å². The number of thiazole rings is 1. The Morgan fingerprint density at radius 2 is 2.00 bits per heavy atom. The summed E-state index contributed by atoms with van der Waals surface area (Å²) in [5, 5.41) is 0.932. The molecule has 0 bridgehead atoms. The first-order valence-corrected chi connectivity index (χ1v) is 8.19. The minimum Gasteiger partial charge on any atom is -0.441 e. The zero-order valence-electron chi connectivity index (χ0n) is 13.1. The van der Waals surface area contributed by atoms with E-state index in [0.29, 0.717) is 5.89 Å². The van der Waals surface area contributed by atoms with E-state index < -0.39 is 0 Å². The summed E-state index contributed by atoms with van der Waals surface area (Å²) in [5.74, 6) is 2.48. The molecule has 0 radical (unpaired) electrons. The molecule has 5 nitrogen and oxygen atoms in total. The van der Waals surface area contributed by atoms with Gasteiger partial charge in [0.2, 0.25) is 5.89 Å². The SMILES string of the molecule is CC(C)(C)c1cnc(C=Cc2cnc(N3c4cccnc43)s2)o1. The lowest BCUT2D eigenvalue weighted by Crippen LogP contribution is -2.09. The van der Waals surface area contributed by atoms with E-state index in [2.05, 4.69) is 35.7 Å². The zero-order valence-corrected chi connectivity index (χ0v) is 14.0. The average Bonchev–Trinajstić information content (AvgIpc) is 2.89. The summed E-state index contributed by atoms with van der Waals surface area (Å²) < 4.78 is 5.75. The monoisotopic (exact) mass is 324 g/mol. The molecule has 3 aromatic rings. The largest absolute Gasteiger partial charge is 0.441 e. The van der Waals surface area contributed by atoms with Gasteiger partial charge in [-0.3, -0.25) is 4.90 Å². The Balaban J connectivity index is 1.49. The van der Waals surface area contributed by atoms with Gasteiger partial charge in [0, 0.05) is 28.8 Å². The number of nitrogens with zero attached hydrogens (tertiary/aromatic N) is 4. The van der Waals surface area contributed by atoms with Crippen LogP contribution in [0.25, 0.3) is 12.2 Å². The number of aromatic nitrogens is 3. The van der Waals surface area contributed by atoms with Crippen molar-refractivity contribution in [2.24, 2.45) is 0 Å². The van der Waals surface area contributed by atoms with Gasteiger partial charge in [-0.05, 0) is 18.2 Å². The van der Waals surface area contributed by atoms with E-state index in [1.165, 1.54) is 0 Å². The summed E-state index contributed by atoms with van der Waals surface area (Å²) in [4.78, 5) is 16.2. The topological polar surface area (TPSA) is 54.8 Å². The van der Waals surface area contributed by atoms with Gasteiger partial charge in [-0.15, -0.1) is 0 Å². The third-order valence-electron chi connectivity index (χ3n) is 3.52. The van der Waals surface area contributed by atoms with Crippen molar-refractivity contribution < 1.29 is 4.42 Å². The van der Waals surface area contributed by atoms with Crippen molar-refractivity contribution in [3.05, 3.63) is 47.3 Å². The molecule has 3 aromatic heterocycles. The molecule has 0 aliphatic carbocycles. The van der Waals surface area contributed by atoms with Crippen LogP contribution in [0.15, 0.2) is 35.1 Å². The van der Waals surface area contributed by atoms with E-state index >= 15 is 0 Å². The lowest BCUT2D eigenvalue weighted by molar-refractivity contribution is 0.403. The van der Waals surface area contributed by atoms with Gasteiger partial charge < -0.3 is 4.42 Å². The molecule has 116 valence electrons. The number of fused-ring (bicyclic) bond motifs is 1. The van der Waals surface area contributed by atoms with E-state index in [9.17, 15) is 0 Å². The molecule has 0 N–H and O–H groups in total. The predicted octanol–water partition coefficient (Wildman–Crippen LogP) is 4.78. The van der Waals surface area contributed by atoms with Crippen molar-refractivity contribution in [1.82, 2.24) is 15.0 Å². The molecule has 0 aromatic carbocycles. The maximum Gasteiger partial charge on any atom is 0.218 e. The Morgan fingerprint density at radius 3 is 2.70 bits per heavy atom. The number of anilines is 3. The third kappa shape index (κ3) is 2.66. The first-order chi connectivity index (χ1) is 11.0. The van der Waals surface area contributed by atoms with Crippen LogP contribution in [0.2, 0.25) is 0 Å². The van der Waals surface area contributed by atoms with E-state index in [-0.39, 0.29) is 5.41 Å². The van der Waals surface area contributed by atoms with Crippen LogP contribution < -0.4 is 4.90 Å². The second kappa shape index (κ2) is 5.03. The van der Waals surface area contributed by atoms with Gasteiger partial charge in [0.1, 0.15) is 5.76 Å². The number of hydrogen-bond donors (Lipinski definition) is 0. The molecule has 1 aliphatic heterocycles. The maximum atomic E-state index is 5.75. The van der Waals surface area contributed by atoms with Crippen molar-refractivity contribution in [3.8, 4) is 0 Å². The fourth-order valence-electron chi connectivity index (χ4n) is 2.21. The quantitative estimate of drug-likeness (QED) is 0.508. The molecule has 0 saturated heterocycles. The standard InChI is InChI=1S/C17H16N4OS/c1-17(2,3)13-10-19-14(22-13)7-6-11-9-20-16(23-11)21-12-5-4-8-18-15(12)21/h4-10H,1-3H3. The van der Waals surface area contributed by atoms with Gasteiger partial charge in [-0.25, -0.2) is 15.0 Å². The lowest BCUT2D eigenvalue weighted by atomic mass is 9.94. The molecule has 0 atom stereocenters. The van der Waals surface area contributed by atoms with Crippen LogP contribution in [0.1, 0.15) is 37.3 Å². The highest BCUT2D eigenvalue weighted by Gasteiger charge is 2.33. The van der Waals surface area contributed by atoms with Crippen molar-refractivity contribution in [2.45, 2.75) is 26.2 Å². The van der Waals surface area contributed by atoms with Crippen LogP contribution in [0.5, 0.6) is 0 Å². The van der Waals surface area contributed by atoms with Gasteiger partial charge in [-0.2, -0.15) is 0 Å². The molecule has 4 heterocycles. The minimum atomic E-state index is -0.0330. The predicted molar refractivity (Wildman–Crippen MR) is 92.3 cm³/mol. The van der Waals surface area contributed by atoms with Gasteiger partial charge in [0.15, 0.2) is 10.9 Å². The molecule has 6 heteroatoms. The lowest BCUT2D eigenvalue weighted by Gasteiger charge is -2.12. The molecule has 0 amide bonds. The summed E-state index contributed by atoms with van der Waals surface area (Å²) in [6, 6.07) is 3.97. The normalized spacial score (nSPS) is 13.6. The molecule has 0 saturated carbocycles. The Bertz CT molecular complexity index is 865. The van der Waals surface area contributed by atoms with Crippen LogP contribution >= 0.6 is 11.3 Å². The number of rotatable bonds is 3. The highest BCUT2D eigenvalue weighted by molar-refractivity contribution is 7.16. The summed E-state index contributed by atoms with van der Waals surface area (Å²) >= 11 is 1.61. The summed E-state index contributed by atoms with van der Waals surface area (Å²) in [6.45, 7) is 6.31. The van der Waals surface area contributed by atoms with E-state index in [1.807, 2.05) is 35.4 Å². The van der Waals surface area contributed by atoms with E-state index in [0.717, 1.165) is 27.3 Å². The second-order valence-electron chi connectivity index (χ2n) is 6.37. The molecule has 4 rings (SSSR count). The maximum absolute atomic E-state index is 5.75.